The Hall–Kier alpha value is -5.42. The van der Waals surface area contributed by atoms with Gasteiger partial charge in [-0.2, -0.15) is 16.8 Å². The standard InChI is InChI=1S/C32H18N8O6S2.Mn/c41-47(42,43)22-14-13-21-23(24(22)48(44,45)46)32-39-30-20-12-6-5-11-19(20)28(37-30)35-26-16-8-2-1-7-15(16)25(33-26)34-27-17-9-3-4-10-18(17)29(36-27)38-31(21)40-32;/h1-14H,(H,41,42,43)(H,44,45,46)(H2,33,34,35,36,37,38,39,40);. The molecule has 0 aliphatic carbocycles. The molecule has 8 bridgehead atoms. The fourth-order valence-corrected chi connectivity index (χ4v) is 8.14. The molecule has 7 aromatic rings. The van der Waals surface area contributed by atoms with Gasteiger partial charge in [0.25, 0.3) is 20.2 Å². The molecule has 0 saturated carbocycles. The molecule has 0 amide bonds. The molecule has 3 aromatic heterocycles. The summed E-state index contributed by atoms with van der Waals surface area (Å²) in [5, 5.41) is 1.33. The van der Waals surface area contributed by atoms with Crippen molar-refractivity contribution in [3.8, 4) is 45.6 Å². The first-order chi connectivity index (χ1) is 23.0. The van der Waals surface area contributed by atoms with E-state index in [2.05, 4.69) is 15.0 Å². The maximum absolute atomic E-state index is 12.8. The van der Waals surface area contributed by atoms with Gasteiger partial charge in [-0.1, -0.05) is 72.8 Å². The minimum Gasteiger partial charge on any atom is -0.324 e. The van der Waals surface area contributed by atoms with E-state index in [1.807, 2.05) is 48.5 Å². The van der Waals surface area contributed by atoms with Crippen molar-refractivity contribution in [1.29, 1.82) is 0 Å². The second-order valence-electron chi connectivity index (χ2n) is 11.0. The van der Waals surface area contributed by atoms with Crippen LogP contribution in [0.3, 0.4) is 0 Å². The molecule has 4 N–H and O–H groups in total. The van der Waals surface area contributed by atoms with Crippen LogP contribution in [0.2, 0.25) is 0 Å². The van der Waals surface area contributed by atoms with Gasteiger partial charge in [-0.05, 0) is 12.1 Å². The van der Waals surface area contributed by atoms with Gasteiger partial charge in [-0.3, -0.25) is 9.11 Å². The average Bonchev–Trinajstić information content (AvgIpc) is 3.79. The summed E-state index contributed by atoms with van der Waals surface area (Å²) in [5.41, 5.74) is 3.32. The SMILES string of the molecule is O=S(=O)(O)c1ccc2c3nc4nc(nc5[nH]c(nc6nc(nc([nH]3)c2c1S(=O)(=O)O)-c1ccccc1-6)c1ccccc51)-c1ccccc1-4.[Mn]. The van der Waals surface area contributed by atoms with Crippen LogP contribution in [0.1, 0.15) is 0 Å². The zero-order chi connectivity index (χ0) is 32.9. The van der Waals surface area contributed by atoms with Gasteiger partial charge in [-0.25, -0.2) is 29.9 Å². The van der Waals surface area contributed by atoms with E-state index in [4.69, 9.17) is 24.9 Å². The normalized spacial score (nSPS) is 12.4. The van der Waals surface area contributed by atoms with E-state index in [-0.39, 0.29) is 50.8 Å². The summed E-state index contributed by atoms with van der Waals surface area (Å²) in [4.78, 5) is 32.8. The van der Waals surface area contributed by atoms with Crippen LogP contribution in [0, 0.1) is 0 Å². The summed E-state index contributed by atoms with van der Waals surface area (Å²) in [6.07, 6.45) is 0. The van der Waals surface area contributed by atoms with Crippen LogP contribution in [0.4, 0.5) is 0 Å². The minimum absolute atomic E-state index is 0. The Morgan fingerprint density at radius 1 is 0.449 bits per heavy atom. The zero-order valence-corrected chi connectivity index (χ0v) is 27.3. The van der Waals surface area contributed by atoms with Gasteiger partial charge in [0.2, 0.25) is 0 Å². The van der Waals surface area contributed by atoms with Crippen LogP contribution in [-0.4, -0.2) is 65.8 Å². The van der Waals surface area contributed by atoms with Crippen LogP contribution >= 0.6 is 0 Å². The summed E-state index contributed by atoms with van der Waals surface area (Å²) in [6, 6.07) is 24.2. The van der Waals surface area contributed by atoms with Gasteiger partial charge in [0, 0.05) is 55.5 Å². The van der Waals surface area contributed by atoms with Crippen molar-refractivity contribution in [2.24, 2.45) is 0 Å². The Labute approximate surface area is 286 Å². The Morgan fingerprint density at radius 3 is 1.27 bits per heavy atom. The Bertz CT molecular complexity index is 2980. The maximum Gasteiger partial charge on any atom is 0.296 e. The average molecular weight is 730 g/mol. The molecule has 2 aliphatic rings. The van der Waals surface area contributed by atoms with Crippen molar-refractivity contribution in [2.75, 3.05) is 0 Å². The van der Waals surface area contributed by atoms with Gasteiger partial charge in [0.05, 0.1) is 5.39 Å². The maximum atomic E-state index is 12.8. The Morgan fingerprint density at radius 2 is 0.837 bits per heavy atom. The molecule has 49 heavy (non-hydrogen) atoms. The number of aromatic amines is 2. The number of hydrogen-bond acceptors (Lipinski definition) is 10. The molecule has 0 atom stereocenters. The van der Waals surface area contributed by atoms with E-state index < -0.39 is 30.0 Å². The molecule has 0 spiro atoms. The fraction of sp³-hybridized carbons (Fsp3) is 0. The third-order valence-electron chi connectivity index (χ3n) is 8.17. The third-order valence-corrected chi connectivity index (χ3v) is 10.1. The first-order valence-corrected chi connectivity index (χ1v) is 17.1. The molecule has 0 saturated heterocycles. The molecule has 14 nitrogen and oxygen atoms in total. The summed E-state index contributed by atoms with van der Waals surface area (Å²) in [6.45, 7) is 0. The fourth-order valence-electron chi connectivity index (χ4n) is 6.14. The predicted octanol–water partition coefficient (Wildman–Crippen LogP) is 5.36. The monoisotopic (exact) mass is 729 g/mol. The molecule has 5 heterocycles. The van der Waals surface area contributed by atoms with E-state index >= 15 is 0 Å². The predicted molar refractivity (Wildman–Crippen MR) is 176 cm³/mol. The van der Waals surface area contributed by atoms with Crippen LogP contribution in [0.5, 0.6) is 0 Å². The number of nitrogens with one attached hydrogen (secondary N) is 2. The smallest absolute Gasteiger partial charge is 0.296 e. The van der Waals surface area contributed by atoms with E-state index in [9.17, 15) is 25.9 Å². The number of hydrogen-bond donors (Lipinski definition) is 4. The van der Waals surface area contributed by atoms with Gasteiger partial charge >= 0.3 is 0 Å². The Kier molecular flexibility index (Phi) is 6.80. The van der Waals surface area contributed by atoms with Crippen molar-refractivity contribution in [3.63, 3.8) is 0 Å². The Balaban J connectivity index is 0.00000348. The number of H-pyrrole nitrogens is 2. The molecular weight excluding hydrogens is 711 g/mol. The van der Waals surface area contributed by atoms with Gasteiger partial charge in [0.15, 0.2) is 23.3 Å². The minimum atomic E-state index is -5.27. The molecule has 2 aliphatic heterocycles. The van der Waals surface area contributed by atoms with Crippen molar-refractivity contribution in [1.82, 2.24) is 39.9 Å². The summed E-state index contributed by atoms with van der Waals surface area (Å²) >= 11 is 0. The largest absolute Gasteiger partial charge is 0.324 e. The molecule has 241 valence electrons. The molecule has 4 aromatic carbocycles. The van der Waals surface area contributed by atoms with Gasteiger partial charge < -0.3 is 9.97 Å². The third kappa shape index (κ3) is 4.82. The summed E-state index contributed by atoms with van der Waals surface area (Å²) in [5.74, 6) is 0.980. The van der Waals surface area contributed by atoms with E-state index in [1.54, 1.807) is 24.3 Å². The molecule has 17 heteroatoms. The number of aromatic nitrogens is 8. The van der Waals surface area contributed by atoms with Crippen LogP contribution < -0.4 is 0 Å². The number of rotatable bonds is 2. The summed E-state index contributed by atoms with van der Waals surface area (Å²) < 4.78 is 70.7. The molecule has 0 fully saturated rings. The van der Waals surface area contributed by atoms with Crippen LogP contribution in [0.25, 0.3) is 89.7 Å². The summed E-state index contributed by atoms with van der Waals surface area (Å²) in [7, 11) is -10.4. The topological polar surface area (TPSA) is 218 Å². The van der Waals surface area contributed by atoms with Crippen molar-refractivity contribution in [2.45, 2.75) is 9.79 Å². The zero-order valence-electron chi connectivity index (χ0n) is 24.5. The molecule has 1 radical (unpaired) electrons. The van der Waals surface area contributed by atoms with Gasteiger partial charge in [-0.15, -0.1) is 0 Å². The quantitative estimate of drug-likeness (QED) is 0.131. The van der Waals surface area contributed by atoms with Crippen molar-refractivity contribution >= 4 is 64.4 Å². The van der Waals surface area contributed by atoms with E-state index in [0.717, 1.165) is 16.8 Å². The second-order valence-corrected chi connectivity index (χ2v) is 13.8. The number of nitrogens with zero attached hydrogens (tertiary/aromatic N) is 6. The van der Waals surface area contributed by atoms with E-state index in [0.29, 0.717) is 45.2 Å². The molecule has 0 unspecified atom stereocenters. The van der Waals surface area contributed by atoms with E-state index in [1.165, 1.54) is 6.07 Å². The second kappa shape index (κ2) is 10.8. The first-order valence-electron chi connectivity index (χ1n) is 14.3. The van der Waals surface area contributed by atoms with Crippen LogP contribution in [0.15, 0.2) is 94.7 Å². The number of fused-ring (bicyclic) bond motifs is 20. The molecule has 9 rings (SSSR count). The van der Waals surface area contributed by atoms with Crippen LogP contribution in [-0.2, 0) is 37.3 Å². The number of benzene rings is 4. The molecular formula is C32H18MnN8O6S2. The van der Waals surface area contributed by atoms with Crippen molar-refractivity contribution in [3.05, 3.63) is 84.9 Å². The van der Waals surface area contributed by atoms with Gasteiger partial charge in [0.1, 0.15) is 32.4 Å². The van der Waals surface area contributed by atoms with Crippen molar-refractivity contribution < 1.29 is 43.0 Å². The first kappa shape index (κ1) is 30.9.